The van der Waals surface area contributed by atoms with Crippen LogP contribution in [0.3, 0.4) is 0 Å². The van der Waals surface area contributed by atoms with Crippen LogP contribution in [0.5, 0.6) is 5.75 Å². The fraction of sp³-hybridized carbons (Fsp3) is 0.250. The van der Waals surface area contributed by atoms with E-state index in [2.05, 4.69) is 21.2 Å². The summed E-state index contributed by atoms with van der Waals surface area (Å²) >= 11 is 3.48. The lowest BCUT2D eigenvalue weighted by Gasteiger charge is -2.17. The van der Waals surface area contributed by atoms with Crippen molar-refractivity contribution in [3.63, 3.8) is 0 Å². The number of benzene rings is 2. The maximum Gasteiger partial charge on any atom is 0.127 e. The van der Waals surface area contributed by atoms with Crippen molar-refractivity contribution in [2.24, 2.45) is 0 Å². The Hall–Kier alpha value is -1.39. The predicted octanol–water partition coefficient (Wildman–Crippen LogP) is 4.45. The van der Waals surface area contributed by atoms with Crippen molar-refractivity contribution in [3.05, 3.63) is 63.9 Å². The number of hydrogen-bond acceptors (Lipinski definition) is 2. The van der Waals surface area contributed by atoms with Gasteiger partial charge in [-0.3, -0.25) is 0 Å². The van der Waals surface area contributed by atoms with Gasteiger partial charge in [0.1, 0.15) is 18.2 Å². The van der Waals surface area contributed by atoms with Crippen molar-refractivity contribution in [1.82, 2.24) is 5.32 Å². The minimum atomic E-state index is -0.292. The first kappa shape index (κ1) is 15.0. The summed E-state index contributed by atoms with van der Waals surface area (Å²) in [4.78, 5) is 0. The average molecular weight is 338 g/mol. The fourth-order valence-electron chi connectivity index (χ4n) is 1.92. The van der Waals surface area contributed by atoms with Gasteiger partial charge in [-0.15, -0.1) is 0 Å². The first-order valence-electron chi connectivity index (χ1n) is 6.44. The second-order valence-corrected chi connectivity index (χ2v) is 5.43. The zero-order chi connectivity index (χ0) is 14.5. The maximum atomic E-state index is 13.4. The molecular formula is C16H17BrFNO. The highest BCUT2D eigenvalue weighted by Crippen LogP contribution is 2.27. The lowest BCUT2D eigenvalue weighted by atomic mass is 10.1. The summed E-state index contributed by atoms with van der Waals surface area (Å²) in [5.41, 5.74) is 1.97. The zero-order valence-electron chi connectivity index (χ0n) is 11.5. The first-order chi connectivity index (χ1) is 9.61. The van der Waals surface area contributed by atoms with Crippen molar-refractivity contribution in [1.29, 1.82) is 0 Å². The number of halogens is 2. The minimum Gasteiger partial charge on any atom is -0.488 e. The Morgan fingerprint density at radius 2 is 2.00 bits per heavy atom. The third-order valence-corrected chi connectivity index (χ3v) is 3.99. The summed E-state index contributed by atoms with van der Waals surface area (Å²) in [6, 6.07) is 12.6. The van der Waals surface area contributed by atoms with Crippen molar-refractivity contribution in [3.8, 4) is 5.75 Å². The third kappa shape index (κ3) is 3.58. The fourth-order valence-corrected chi connectivity index (χ4v) is 2.32. The maximum absolute atomic E-state index is 13.4. The molecule has 0 aromatic heterocycles. The highest BCUT2D eigenvalue weighted by Gasteiger charge is 2.12. The van der Waals surface area contributed by atoms with Crippen LogP contribution in [0.25, 0.3) is 0 Å². The number of nitrogens with one attached hydrogen (secondary N) is 1. The molecule has 106 valence electrons. The molecule has 0 aliphatic rings. The second-order valence-electron chi connectivity index (χ2n) is 4.57. The second kappa shape index (κ2) is 6.86. The number of rotatable bonds is 5. The molecule has 0 spiro atoms. The molecule has 2 aromatic carbocycles. The molecule has 4 heteroatoms. The Morgan fingerprint density at radius 1 is 1.25 bits per heavy atom. The Balaban J connectivity index is 2.20. The van der Waals surface area contributed by atoms with Gasteiger partial charge in [-0.1, -0.05) is 40.2 Å². The lowest BCUT2D eigenvalue weighted by molar-refractivity contribution is 0.298. The minimum absolute atomic E-state index is 0.102. The topological polar surface area (TPSA) is 21.3 Å². The van der Waals surface area contributed by atoms with Crippen LogP contribution in [0.4, 0.5) is 4.39 Å². The van der Waals surface area contributed by atoms with Crippen LogP contribution in [-0.2, 0) is 6.61 Å². The normalized spacial score (nSPS) is 12.2. The predicted molar refractivity (Wildman–Crippen MR) is 82.3 cm³/mol. The van der Waals surface area contributed by atoms with Crippen molar-refractivity contribution in [2.75, 3.05) is 7.05 Å². The van der Waals surface area contributed by atoms with E-state index < -0.39 is 0 Å². The molecule has 0 saturated carbocycles. The van der Waals surface area contributed by atoms with E-state index in [0.29, 0.717) is 12.4 Å². The van der Waals surface area contributed by atoms with Gasteiger partial charge in [-0.2, -0.15) is 0 Å². The Morgan fingerprint density at radius 3 is 2.70 bits per heavy atom. The van der Waals surface area contributed by atoms with E-state index in [-0.39, 0.29) is 11.9 Å². The van der Waals surface area contributed by atoms with Gasteiger partial charge in [0.05, 0.1) is 0 Å². The van der Waals surface area contributed by atoms with Gasteiger partial charge >= 0.3 is 0 Å². The van der Waals surface area contributed by atoms with Crippen molar-refractivity contribution in [2.45, 2.75) is 19.6 Å². The van der Waals surface area contributed by atoms with Gasteiger partial charge in [-0.05, 0) is 26.1 Å². The Labute approximate surface area is 127 Å². The summed E-state index contributed by atoms with van der Waals surface area (Å²) in [7, 11) is 1.87. The summed E-state index contributed by atoms with van der Waals surface area (Å²) in [5, 5.41) is 3.14. The summed E-state index contributed by atoms with van der Waals surface area (Å²) in [6.07, 6.45) is 0. The summed E-state index contributed by atoms with van der Waals surface area (Å²) < 4.78 is 20.2. The van der Waals surface area contributed by atoms with Crippen molar-refractivity contribution < 1.29 is 9.13 Å². The summed E-state index contributed by atoms with van der Waals surface area (Å²) in [5.74, 6) is 0.279. The quantitative estimate of drug-likeness (QED) is 0.870. The third-order valence-electron chi connectivity index (χ3n) is 3.22. The molecule has 1 N–H and O–H groups in total. The molecule has 2 rings (SSSR count). The molecule has 0 bridgehead atoms. The molecule has 2 nitrogen and oxygen atoms in total. The van der Waals surface area contributed by atoms with E-state index in [4.69, 9.17) is 4.74 Å². The van der Waals surface area contributed by atoms with Crippen LogP contribution < -0.4 is 10.1 Å². The first-order valence-corrected chi connectivity index (χ1v) is 7.24. The molecular weight excluding hydrogens is 321 g/mol. The van der Waals surface area contributed by atoms with Gasteiger partial charge < -0.3 is 10.1 Å². The molecule has 0 heterocycles. The molecule has 1 unspecified atom stereocenters. The van der Waals surface area contributed by atoms with E-state index in [1.165, 1.54) is 12.1 Å². The molecule has 0 aliphatic heterocycles. The number of ether oxygens (including phenoxy) is 1. The smallest absolute Gasteiger partial charge is 0.127 e. The summed E-state index contributed by atoms with van der Waals surface area (Å²) in [6.45, 7) is 2.41. The van der Waals surface area contributed by atoms with Crippen LogP contribution in [0.15, 0.2) is 46.9 Å². The van der Waals surface area contributed by atoms with Gasteiger partial charge in [-0.25, -0.2) is 4.39 Å². The monoisotopic (exact) mass is 337 g/mol. The highest BCUT2D eigenvalue weighted by molar-refractivity contribution is 9.10. The van der Waals surface area contributed by atoms with Crippen LogP contribution in [0.2, 0.25) is 0 Å². The Kier molecular flexibility index (Phi) is 5.15. The van der Waals surface area contributed by atoms with Gasteiger partial charge in [0.2, 0.25) is 0 Å². The SMILES string of the molecule is CNC(C)c1ccc(F)cc1OCc1ccccc1Br. The zero-order valence-corrected chi connectivity index (χ0v) is 13.1. The van der Waals surface area contributed by atoms with E-state index in [9.17, 15) is 4.39 Å². The standard InChI is InChI=1S/C16H17BrFNO/c1-11(19-2)14-8-7-13(18)9-16(14)20-10-12-5-3-4-6-15(12)17/h3-9,11,19H,10H2,1-2H3. The average Bonchev–Trinajstić information content (AvgIpc) is 2.46. The Bertz CT molecular complexity index is 588. The van der Waals surface area contributed by atoms with E-state index in [0.717, 1.165) is 15.6 Å². The van der Waals surface area contributed by atoms with Gasteiger partial charge in [0, 0.05) is 27.7 Å². The lowest BCUT2D eigenvalue weighted by Crippen LogP contribution is -2.14. The van der Waals surface area contributed by atoms with E-state index in [1.54, 1.807) is 6.07 Å². The molecule has 0 aliphatic carbocycles. The van der Waals surface area contributed by atoms with Crippen LogP contribution in [0.1, 0.15) is 24.1 Å². The molecule has 0 saturated heterocycles. The molecule has 2 aromatic rings. The van der Waals surface area contributed by atoms with E-state index >= 15 is 0 Å². The molecule has 20 heavy (non-hydrogen) atoms. The van der Waals surface area contributed by atoms with Crippen LogP contribution >= 0.6 is 15.9 Å². The molecule has 0 fully saturated rings. The molecule has 0 amide bonds. The largest absolute Gasteiger partial charge is 0.488 e. The van der Waals surface area contributed by atoms with E-state index in [1.807, 2.05) is 38.2 Å². The molecule has 1 atom stereocenters. The van der Waals surface area contributed by atoms with Crippen LogP contribution in [-0.4, -0.2) is 7.05 Å². The van der Waals surface area contributed by atoms with Gasteiger partial charge in [0.25, 0.3) is 0 Å². The van der Waals surface area contributed by atoms with Gasteiger partial charge in [0.15, 0.2) is 0 Å². The van der Waals surface area contributed by atoms with Crippen LogP contribution in [0, 0.1) is 5.82 Å². The number of hydrogen-bond donors (Lipinski definition) is 1. The van der Waals surface area contributed by atoms with Crippen molar-refractivity contribution >= 4 is 15.9 Å². The highest BCUT2D eigenvalue weighted by atomic mass is 79.9. The molecule has 0 radical (unpaired) electrons.